The van der Waals surface area contributed by atoms with Crippen molar-refractivity contribution in [2.45, 2.75) is 6.92 Å². The molecule has 2 aromatic heterocycles. The minimum Gasteiger partial charge on any atom is -0.353 e. The molecule has 0 atom stereocenters. The minimum atomic E-state index is 0.917. The lowest BCUT2D eigenvalue weighted by Crippen LogP contribution is -2.44. The normalized spacial score (nSPS) is 17.9. The maximum Gasteiger partial charge on any atom is 0.153 e. The Morgan fingerprint density at radius 1 is 1.12 bits per heavy atom. The lowest BCUT2D eigenvalue weighted by molar-refractivity contribution is 0.311. The number of aromatic nitrogens is 3. The lowest BCUT2D eigenvalue weighted by Gasteiger charge is -2.33. The number of aryl methyl sites for hydroxylation is 1. The summed E-state index contributed by atoms with van der Waals surface area (Å²) >= 11 is 0. The number of fused-ring (bicyclic) bond motifs is 1. The third kappa shape index (κ3) is 1.86. The van der Waals surface area contributed by atoms with Gasteiger partial charge < -0.3 is 9.80 Å². The molecule has 5 heteroatoms. The van der Waals surface area contributed by atoms with Crippen LogP contribution >= 0.6 is 0 Å². The average molecular weight is 231 g/mol. The van der Waals surface area contributed by atoms with Gasteiger partial charge in [-0.3, -0.25) is 0 Å². The molecule has 0 bridgehead atoms. The van der Waals surface area contributed by atoms with E-state index in [0.29, 0.717) is 0 Å². The van der Waals surface area contributed by atoms with Gasteiger partial charge in [-0.25, -0.2) is 9.50 Å². The van der Waals surface area contributed by atoms with Gasteiger partial charge in [-0.15, -0.1) is 5.10 Å². The van der Waals surface area contributed by atoms with Gasteiger partial charge in [0.05, 0.1) is 11.9 Å². The Labute approximate surface area is 101 Å². The van der Waals surface area contributed by atoms with Crippen LogP contribution < -0.4 is 4.90 Å². The van der Waals surface area contributed by atoms with Crippen molar-refractivity contribution in [3.8, 4) is 0 Å². The van der Waals surface area contributed by atoms with Crippen LogP contribution in [0.15, 0.2) is 18.3 Å². The van der Waals surface area contributed by atoms with Gasteiger partial charge >= 0.3 is 0 Å². The van der Waals surface area contributed by atoms with Crippen LogP contribution in [0.3, 0.4) is 0 Å². The molecular weight excluding hydrogens is 214 g/mol. The summed E-state index contributed by atoms with van der Waals surface area (Å²) in [4.78, 5) is 8.97. The second-order valence-electron chi connectivity index (χ2n) is 4.65. The topological polar surface area (TPSA) is 36.7 Å². The van der Waals surface area contributed by atoms with Crippen molar-refractivity contribution in [3.05, 3.63) is 24.0 Å². The van der Waals surface area contributed by atoms with Crippen LogP contribution in [-0.2, 0) is 0 Å². The summed E-state index contributed by atoms with van der Waals surface area (Å²) < 4.78 is 1.91. The largest absolute Gasteiger partial charge is 0.353 e. The third-order valence-electron chi connectivity index (χ3n) is 3.35. The van der Waals surface area contributed by atoms with Crippen molar-refractivity contribution in [3.63, 3.8) is 0 Å². The predicted molar refractivity (Wildman–Crippen MR) is 67.4 cm³/mol. The Balaban J connectivity index is 1.92. The SMILES string of the molecule is Cc1cnc2ccc(N3CCN(C)CC3)nn12. The highest BCUT2D eigenvalue weighted by Gasteiger charge is 2.15. The van der Waals surface area contributed by atoms with Crippen LogP contribution in [0, 0.1) is 6.92 Å². The monoisotopic (exact) mass is 231 g/mol. The fourth-order valence-electron chi connectivity index (χ4n) is 2.18. The van der Waals surface area contributed by atoms with Crippen LogP contribution in [-0.4, -0.2) is 52.7 Å². The van der Waals surface area contributed by atoms with Crippen molar-refractivity contribution >= 4 is 11.5 Å². The molecule has 0 aromatic carbocycles. The van der Waals surface area contributed by atoms with Gasteiger partial charge in [0.2, 0.25) is 0 Å². The Kier molecular flexibility index (Phi) is 2.48. The molecule has 1 aliphatic rings. The molecule has 3 heterocycles. The van der Waals surface area contributed by atoms with Crippen LogP contribution in [0.5, 0.6) is 0 Å². The summed E-state index contributed by atoms with van der Waals surface area (Å²) in [5.41, 5.74) is 2.00. The Bertz CT molecular complexity index is 525. The van der Waals surface area contributed by atoms with Gasteiger partial charge in [0, 0.05) is 26.2 Å². The zero-order valence-corrected chi connectivity index (χ0v) is 10.3. The summed E-state index contributed by atoms with van der Waals surface area (Å²) in [6.45, 7) is 6.32. The van der Waals surface area contributed by atoms with E-state index in [1.807, 2.05) is 23.7 Å². The first-order valence-corrected chi connectivity index (χ1v) is 5.99. The molecule has 1 saturated heterocycles. The Morgan fingerprint density at radius 3 is 2.65 bits per heavy atom. The van der Waals surface area contributed by atoms with E-state index in [-0.39, 0.29) is 0 Å². The van der Waals surface area contributed by atoms with Crippen LogP contribution in [0.25, 0.3) is 5.65 Å². The van der Waals surface area contributed by atoms with E-state index >= 15 is 0 Å². The number of anilines is 1. The van der Waals surface area contributed by atoms with Crippen molar-refractivity contribution < 1.29 is 0 Å². The first-order valence-electron chi connectivity index (χ1n) is 5.99. The summed E-state index contributed by atoms with van der Waals surface area (Å²) in [5, 5.41) is 4.65. The highest BCUT2D eigenvalue weighted by molar-refractivity contribution is 5.47. The number of rotatable bonds is 1. The third-order valence-corrected chi connectivity index (χ3v) is 3.35. The molecule has 3 rings (SSSR count). The number of likely N-dealkylation sites (N-methyl/N-ethyl adjacent to an activating group) is 1. The highest BCUT2D eigenvalue weighted by Crippen LogP contribution is 2.14. The van der Waals surface area contributed by atoms with Crippen LogP contribution in [0.4, 0.5) is 5.82 Å². The molecule has 0 amide bonds. The van der Waals surface area contributed by atoms with E-state index in [2.05, 4.69) is 33.0 Å². The van der Waals surface area contributed by atoms with E-state index in [4.69, 9.17) is 0 Å². The first-order chi connectivity index (χ1) is 8.24. The summed E-state index contributed by atoms with van der Waals surface area (Å²) in [6, 6.07) is 4.10. The van der Waals surface area contributed by atoms with Crippen LogP contribution in [0.2, 0.25) is 0 Å². The van der Waals surface area contributed by atoms with E-state index in [9.17, 15) is 0 Å². The molecule has 5 nitrogen and oxygen atoms in total. The Hall–Kier alpha value is -1.62. The van der Waals surface area contributed by atoms with Crippen LogP contribution in [0.1, 0.15) is 5.69 Å². The standard InChI is InChI=1S/C12H17N5/c1-10-9-13-11-3-4-12(14-17(10)11)16-7-5-15(2)6-8-16/h3-4,9H,5-8H2,1-2H3. The van der Waals surface area contributed by atoms with Gasteiger partial charge in [-0.2, -0.15) is 0 Å². The number of imidazole rings is 1. The molecule has 0 spiro atoms. The molecule has 0 aliphatic carbocycles. The molecule has 17 heavy (non-hydrogen) atoms. The van der Waals surface area contributed by atoms with Crippen molar-refractivity contribution in [2.75, 3.05) is 38.1 Å². The fourth-order valence-corrected chi connectivity index (χ4v) is 2.18. The van der Waals surface area contributed by atoms with E-state index in [1.165, 1.54) is 0 Å². The molecule has 0 unspecified atom stereocenters. The molecule has 1 fully saturated rings. The minimum absolute atomic E-state index is 0.917. The van der Waals surface area contributed by atoms with Crippen molar-refractivity contribution in [2.24, 2.45) is 0 Å². The second kappa shape index (κ2) is 4.00. The van der Waals surface area contributed by atoms with E-state index in [0.717, 1.165) is 43.3 Å². The Morgan fingerprint density at radius 2 is 1.88 bits per heavy atom. The summed E-state index contributed by atoms with van der Waals surface area (Å²) in [5.74, 6) is 1.05. The van der Waals surface area contributed by atoms with Gasteiger partial charge in [-0.1, -0.05) is 0 Å². The second-order valence-corrected chi connectivity index (χ2v) is 4.65. The molecular formula is C12H17N5. The zero-order chi connectivity index (χ0) is 11.8. The molecule has 1 aliphatic heterocycles. The van der Waals surface area contributed by atoms with E-state index < -0.39 is 0 Å². The molecule has 0 N–H and O–H groups in total. The quantitative estimate of drug-likeness (QED) is 0.727. The summed E-state index contributed by atoms with van der Waals surface area (Å²) in [6.07, 6.45) is 1.86. The summed E-state index contributed by atoms with van der Waals surface area (Å²) in [7, 11) is 2.16. The van der Waals surface area contributed by atoms with Gasteiger partial charge in [0.25, 0.3) is 0 Å². The van der Waals surface area contributed by atoms with Gasteiger partial charge in [-0.05, 0) is 26.1 Å². The molecule has 0 saturated carbocycles. The average Bonchev–Trinajstić information content (AvgIpc) is 2.72. The zero-order valence-electron chi connectivity index (χ0n) is 10.3. The smallest absolute Gasteiger partial charge is 0.153 e. The first kappa shape index (κ1) is 10.5. The molecule has 2 aromatic rings. The van der Waals surface area contributed by atoms with Gasteiger partial charge in [0.15, 0.2) is 5.65 Å². The molecule has 90 valence electrons. The fraction of sp³-hybridized carbons (Fsp3) is 0.500. The predicted octanol–water partition coefficient (Wildman–Crippen LogP) is 0.790. The molecule has 0 radical (unpaired) electrons. The van der Waals surface area contributed by atoms with Crippen molar-refractivity contribution in [1.29, 1.82) is 0 Å². The maximum atomic E-state index is 4.65. The number of hydrogen-bond acceptors (Lipinski definition) is 4. The van der Waals surface area contributed by atoms with Crippen molar-refractivity contribution in [1.82, 2.24) is 19.5 Å². The highest BCUT2D eigenvalue weighted by atomic mass is 15.4. The number of hydrogen-bond donors (Lipinski definition) is 0. The number of nitrogens with zero attached hydrogens (tertiary/aromatic N) is 5. The van der Waals surface area contributed by atoms with E-state index in [1.54, 1.807) is 0 Å². The number of piperazine rings is 1. The lowest BCUT2D eigenvalue weighted by atomic mass is 10.3. The maximum absolute atomic E-state index is 4.65. The van der Waals surface area contributed by atoms with Gasteiger partial charge in [0.1, 0.15) is 5.82 Å².